The van der Waals surface area contributed by atoms with Crippen LogP contribution in [0, 0.1) is 17.8 Å². The lowest BCUT2D eigenvalue weighted by Crippen LogP contribution is -2.41. The van der Waals surface area contributed by atoms with Crippen molar-refractivity contribution in [3.05, 3.63) is 6.42 Å². The smallest absolute Gasteiger partial charge is 0.246 e. The van der Waals surface area contributed by atoms with Gasteiger partial charge in [-0.2, -0.15) is 0 Å². The normalized spacial score (nSPS) is 26.2. The van der Waals surface area contributed by atoms with E-state index in [1.807, 2.05) is 27.2 Å². The predicted molar refractivity (Wildman–Crippen MR) is 67.1 cm³/mol. The monoisotopic (exact) mass is 253 g/mol. The van der Waals surface area contributed by atoms with Crippen LogP contribution in [0.15, 0.2) is 4.99 Å². The van der Waals surface area contributed by atoms with Gasteiger partial charge in [-0.1, -0.05) is 20.8 Å². The summed E-state index contributed by atoms with van der Waals surface area (Å²) in [5.41, 5.74) is 2.30. The van der Waals surface area contributed by atoms with Crippen LogP contribution < -0.4 is 5.48 Å². The molecule has 0 aromatic heterocycles. The molecule has 0 bridgehead atoms. The largest absolute Gasteiger partial charge is 0.273 e. The minimum absolute atomic E-state index is 0.0380. The first-order chi connectivity index (χ1) is 8.51. The van der Waals surface area contributed by atoms with Gasteiger partial charge in [0.05, 0.1) is 12.6 Å². The molecule has 0 spiro atoms. The number of hydrogen-bond acceptors (Lipinski definition) is 4. The second-order valence-corrected chi connectivity index (χ2v) is 5.39. The molecule has 1 aliphatic carbocycles. The fourth-order valence-electron chi connectivity index (χ4n) is 2.43. The first-order valence-corrected chi connectivity index (χ1v) is 6.27. The highest BCUT2D eigenvalue weighted by molar-refractivity contribution is 5.77. The van der Waals surface area contributed by atoms with E-state index in [-0.39, 0.29) is 23.3 Å². The van der Waals surface area contributed by atoms with Gasteiger partial charge in [-0.05, 0) is 31.1 Å². The number of carbonyl (C=O) groups is 1. The topological polar surface area (TPSA) is 67.8 Å². The van der Waals surface area contributed by atoms with Gasteiger partial charge in [-0.3, -0.25) is 9.63 Å². The second kappa shape index (κ2) is 6.66. The van der Waals surface area contributed by atoms with Crippen LogP contribution in [0.3, 0.4) is 0 Å². The quantitative estimate of drug-likeness (QED) is 0.351. The molecule has 1 aliphatic rings. The van der Waals surface area contributed by atoms with E-state index in [4.69, 9.17) is 4.84 Å². The van der Waals surface area contributed by atoms with Crippen LogP contribution in [-0.2, 0) is 14.4 Å². The number of isocyanates is 1. The van der Waals surface area contributed by atoms with E-state index >= 15 is 0 Å². The SMILES string of the molecule is C[CH]CONC(=O)C1CCC(N=C=O)C(C)(C)C1. The molecule has 1 amide bonds. The molecular formula is C13H21N2O3. The summed E-state index contributed by atoms with van der Waals surface area (Å²) in [7, 11) is 0. The molecule has 0 heterocycles. The maximum Gasteiger partial charge on any atom is 0.246 e. The van der Waals surface area contributed by atoms with Crippen LogP contribution in [-0.4, -0.2) is 24.6 Å². The molecule has 2 atom stereocenters. The second-order valence-electron chi connectivity index (χ2n) is 5.39. The van der Waals surface area contributed by atoms with Crippen molar-refractivity contribution < 1.29 is 14.4 Å². The molecule has 1 N–H and O–H groups in total. The Balaban J connectivity index is 2.52. The Bertz CT molecular complexity index is 335. The molecule has 18 heavy (non-hydrogen) atoms. The van der Waals surface area contributed by atoms with Crippen molar-refractivity contribution in [1.29, 1.82) is 0 Å². The van der Waals surface area contributed by atoms with Crippen molar-refractivity contribution in [2.24, 2.45) is 16.3 Å². The summed E-state index contributed by atoms with van der Waals surface area (Å²) in [4.78, 5) is 31.1. The lowest BCUT2D eigenvalue weighted by Gasteiger charge is -2.38. The number of carbonyl (C=O) groups excluding carboxylic acids is 2. The molecule has 0 aromatic rings. The van der Waals surface area contributed by atoms with E-state index in [2.05, 4.69) is 10.5 Å². The number of aliphatic imine (C=N–C) groups is 1. The highest BCUT2D eigenvalue weighted by Gasteiger charge is 2.39. The van der Waals surface area contributed by atoms with Crippen LogP contribution in [0.4, 0.5) is 0 Å². The lowest BCUT2D eigenvalue weighted by molar-refractivity contribution is -0.139. The number of amides is 1. The summed E-state index contributed by atoms with van der Waals surface area (Å²) < 4.78 is 0. The van der Waals surface area contributed by atoms with Gasteiger partial charge in [0.25, 0.3) is 0 Å². The average Bonchev–Trinajstić information content (AvgIpc) is 2.31. The zero-order chi connectivity index (χ0) is 13.6. The molecule has 5 nitrogen and oxygen atoms in total. The van der Waals surface area contributed by atoms with Gasteiger partial charge in [0, 0.05) is 5.92 Å². The first-order valence-electron chi connectivity index (χ1n) is 6.27. The summed E-state index contributed by atoms with van der Waals surface area (Å²) in [6, 6.07) is -0.0380. The number of hydrogen-bond donors (Lipinski definition) is 1. The summed E-state index contributed by atoms with van der Waals surface area (Å²) in [5.74, 6) is -0.159. The Labute approximate surface area is 108 Å². The molecule has 1 saturated carbocycles. The van der Waals surface area contributed by atoms with Crippen molar-refractivity contribution >= 4 is 12.0 Å². The van der Waals surface area contributed by atoms with Crippen molar-refractivity contribution in [2.45, 2.75) is 46.1 Å². The number of hydroxylamine groups is 1. The Morgan fingerprint density at radius 3 is 2.83 bits per heavy atom. The molecular weight excluding hydrogens is 232 g/mol. The number of nitrogens with one attached hydrogen (secondary N) is 1. The van der Waals surface area contributed by atoms with Crippen molar-refractivity contribution in [2.75, 3.05) is 6.61 Å². The third kappa shape index (κ3) is 3.93. The minimum atomic E-state index is -0.158. The standard InChI is InChI=1S/C13H21N2O3/c1-4-7-18-15-12(17)10-5-6-11(14-9-16)13(2,3)8-10/h4,10-11H,5-8H2,1-3H3,(H,15,17). The fraction of sp³-hybridized carbons (Fsp3) is 0.769. The van der Waals surface area contributed by atoms with Gasteiger partial charge in [0.15, 0.2) is 0 Å². The highest BCUT2D eigenvalue weighted by Crippen LogP contribution is 2.40. The van der Waals surface area contributed by atoms with E-state index in [0.717, 1.165) is 12.8 Å². The Hall–Kier alpha value is -1.19. The van der Waals surface area contributed by atoms with Gasteiger partial charge in [0.2, 0.25) is 12.0 Å². The summed E-state index contributed by atoms with van der Waals surface area (Å²) in [6.07, 6.45) is 5.61. The average molecular weight is 253 g/mol. The van der Waals surface area contributed by atoms with Gasteiger partial charge in [0.1, 0.15) is 0 Å². The molecule has 101 valence electrons. The molecule has 5 heteroatoms. The minimum Gasteiger partial charge on any atom is -0.273 e. The van der Waals surface area contributed by atoms with Crippen molar-refractivity contribution in [3.8, 4) is 0 Å². The molecule has 1 radical (unpaired) electrons. The van der Waals surface area contributed by atoms with Crippen LogP contribution in [0.1, 0.15) is 40.0 Å². The molecule has 2 unspecified atom stereocenters. The Morgan fingerprint density at radius 2 is 2.28 bits per heavy atom. The highest BCUT2D eigenvalue weighted by atomic mass is 16.6. The lowest BCUT2D eigenvalue weighted by atomic mass is 9.69. The third-order valence-corrected chi connectivity index (χ3v) is 3.47. The predicted octanol–water partition coefficient (Wildman–Crippen LogP) is 1.79. The van der Waals surface area contributed by atoms with Crippen LogP contribution >= 0.6 is 0 Å². The van der Waals surface area contributed by atoms with Crippen LogP contribution in [0.25, 0.3) is 0 Å². The zero-order valence-corrected chi connectivity index (χ0v) is 11.2. The third-order valence-electron chi connectivity index (χ3n) is 3.47. The molecule has 0 aliphatic heterocycles. The summed E-state index contributed by atoms with van der Waals surface area (Å²) in [5, 5.41) is 0. The maximum atomic E-state index is 11.9. The fourth-order valence-corrected chi connectivity index (χ4v) is 2.43. The molecule has 1 fully saturated rings. The zero-order valence-electron chi connectivity index (χ0n) is 11.2. The Morgan fingerprint density at radius 1 is 1.56 bits per heavy atom. The number of nitrogens with zero attached hydrogens (tertiary/aromatic N) is 1. The van der Waals surface area contributed by atoms with Crippen molar-refractivity contribution in [3.63, 3.8) is 0 Å². The van der Waals surface area contributed by atoms with Gasteiger partial charge in [-0.15, -0.1) is 0 Å². The van der Waals surface area contributed by atoms with Gasteiger partial charge >= 0.3 is 0 Å². The molecule has 1 rings (SSSR count). The molecule has 0 aromatic carbocycles. The first kappa shape index (κ1) is 14.9. The number of rotatable bonds is 5. The van der Waals surface area contributed by atoms with E-state index in [1.54, 1.807) is 6.08 Å². The van der Waals surface area contributed by atoms with E-state index in [9.17, 15) is 9.59 Å². The van der Waals surface area contributed by atoms with E-state index in [0.29, 0.717) is 13.0 Å². The van der Waals surface area contributed by atoms with Gasteiger partial charge in [-0.25, -0.2) is 15.3 Å². The van der Waals surface area contributed by atoms with E-state index in [1.165, 1.54) is 0 Å². The summed E-state index contributed by atoms with van der Waals surface area (Å²) in [6.45, 7) is 6.31. The summed E-state index contributed by atoms with van der Waals surface area (Å²) >= 11 is 0. The maximum absolute atomic E-state index is 11.9. The van der Waals surface area contributed by atoms with E-state index < -0.39 is 0 Å². The van der Waals surface area contributed by atoms with Crippen LogP contribution in [0.5, 0.6) is 0 Å². The van der Waals surface area contributed by atoms with Gasteiger partial charge < -0.3 is 0 Å². The van der Waals surface area contributed by atoms with Crippen molar-refractivity contribution in [1.82, 2.24) is 5.48 Å². The van der Waals surface area contributed by atoms with Crippen LogP contribution in [0.2, 0.25) is 0 Å². The Kier molecular flexibility index (Phi) is 5.51. The molecule has 0 saturated heterocycles.